The molecule has 0 bridgehead atoms. The molecule has 0 aliphatic rings. The van der Waals surface area contributed by atoms with Gasteiger partial charge in [-0.25, -0.2) is 0 Å². The molecule has 0 spiro atoms. The predicted octanol–water partition coefficient (Wildman–Crippen LogP) is 5.55. The van der Waals surface area contributed by atoms with Crippen molar-refractivity contribution in [1.82, 2.24) is 15.0 Å². The summed E-state index contributed by atoms with van der Waals surface area (Å²) >= 11 is 0. The lowest BCUT2D eigenvalue weighted by Gasteiger charge is -2.28. The van der Waals surface area contributed by atoms with Gasteiger partial charge in [-0.05, 0) is 56.9 Å². The van der Waals surface area contributed by atoms with Crippen LogP contribution in [0.4, 0.5) is 0 Å². The van der Waals surface area contributed by atoms with Crippen LogP contribution in [0, 0.1) is 6.92 Å². The summed E-state index contributed by atoms with van der Waals surface area (Å²) in [4.78, 5) is 19.3. The van der Waals surface area contributed by atoms with Gasteiger partial charge in [-0.15, -0.1) is 0 Å². The highest BCUT2D eigenvalue weighted by Gasteiger charge is 2.26. The maximum atomic E-state index is 13.2. The van der Waals surface area contributed by atoms with Crippen LogP contribution in [0.2, 0.25) is 0 Å². The van der Waals surface area contributed by atoms with E-state index in [1.807, 2.05) is 69.3 Å². The van der Waals surface area contributed by atoms with Gasteiger partial charge in [0.15, 0.2) is 6.10 Å². The van der Waals surface area contributed by atoms with Gasteiger partial charge in [-0.3, -0.25) is 4.79 Å². The van der Waals surface area contributed by atoms with E-state index in [-0.39, 0.29) is 23.9 Å². The third kappa shape index (κ3) is 5.75. The Morgan fingerprint density at radius 3 is 2.38 bits per heavy atom. The molecule has 1 unspecified atom stereocenters. The molecule has 0 N–H and O–H groups in total. The molecule has 2 aromatic carbocycles. The number of amides is 1. The largest absolute Gasteiger partial charge is 0.481 e. The maximum absolute atomic E-state index is 13.2. The molecule has 0 saturated heterocycles. The van der Waals surface area contributed by atoms with Gasteiger partial charge < -0.3 is 14.2 Å². The Hall–Kier alpha value is -3.15. The summed E-state index contributed by atoms with van der Waals surface area (Å²) in [5.74, 6) is 1.45. The molecule has 0 aliphatic heterocycles. The quantitative estimate of drug-likeness (QED) is 0.487. The van der Waals surface area contributed by atoms with E-state index in [0.717, 1.165) is 11.1 Å². The number of aromatic nitrogens is 2. The number of carbonyl (C=O) groups excluding carboxylic acids is 1. The van der Waals surface area contributed by atoms with E-state index >= 15 is 0 Å². The third-order valence-corrected chi connectivity index (χ3v) is 5.34. The number of hydrogen-bond donors (Lipinski definition) is 0. The first-order valence-corrected chi connectivity index (χ1v) is 11.0. The lowest BCUT2D eigenvalue weighted by molar-refractivity contribution is -0.140. The minimum atomic E-state index is -0.642. The second kappa shape index (κ2) is 9.55. The highest BCUT2D eigenvalue weighted by molar-refractivity contribution is 5.81. The van der Waals surface area contributed by atoms with E-state index in [1.165, 1.54) is 5.56 Å². The lowest BCUT2D eigenvalue weighted by atomic mass is 9.87. The third-order valence-electron chi connectivity index (χ3n) is 5.34. The van der Waals surface area contributed by atoms with Crippen molar-refractivity contribution in [2.24, 2.45) is 0 Å². The van der Waals surface area contributed by atoms with Crippen molar-refractivity contribution in [3.63, 3.8) is 0 Å². The summed E-state index contributed by atoms with van der Waals surface area (Å²) in [5.41, 5.74) is 3.29. The molecule has 1 aromatic heterocycles. The van der Waals surface area contributed by atoms with Gasteiger partial charge >= 0.3 is 0 Å². The van der Waals surface area contributed by atoms with E-state index in [9.17, 15) is 4.79 Å². The summed E-state index contributed by atoms with van der Waals surface area (Å²) < 4.78 is 11.4. The first-order chi connectivity index (χ1) is 15.0. The number of carbonyl (C=O) groups is 1. The molecule has 6 nitrogen and oxygen atoms in total. The standard InChI is InChI=1S/C26H33N3O3/c1-17(2)29(16-23-27-24(28-32-23)20-10-8-9-18(3)15-20)25(30)19(4)31-22-13-11-21(12-14-22)26(5,6)7/h8-15,17,19H,16H2,1-7H3. The molecular formula is C26H33N3O3. The van der Waals surface area contributed by atoms with Crippen molar-refractivity contribution in [2.45, 2.75) is 72.6 Å². The predicted molar refractivity (Wildman–Crippen MR) is 125 cm³/mol. The second-order valence-corrected chi connectivity index (χ2v) is 9.48. The fourth-order valence-corrected chi connectivity index (χ4v) is 3.40. The van der Waals surface area contributed by atoms with Gasteiger partial charge in [0.25, 0.3) is 5.91 Å². The number of rotatable bonds is 7. The highest BCUT2D eigenvalue weighted by atomic mass is 16.5. The molecule has 0 radical (unpaired) electrons. The summed E-state index contributed by atoms with van der Waals surface area (Å²) in [6.07, 6.45) is -0.642. The Morgan fingerprint density at radius 1 is 1.09 bits per heavy atom. The Labute approximate surface area is 190 Å². The van der Waals surface area contributed by atoms with Crippen LogP contribution < -0.4 is 4.74 Å². The van der Waals surface area contributed by atoms with Crippen molar-refractivity contribution >= 4 is 5.91 Å². The summed E-state index contributed by atoms with van der Waals surface area (Å²) in [6, 6.07) is 15.8. The van der Waals surface area contributed by atoms with Crippen LogP contribution in [0.5, 0.6) is 5.75 Å². The van der Waals surface area contributed by atoms with Crippen LogP contribution in [-0.2, 0) is 16.8 Å². The van der Waals surface area contributed by atoms with E-state index in [2.05, 4.69) is 30.9 Å². The normalized spacial score (nSPS) is 12.6. The maximum Gasteiger partial charge on any atom is 0.264 e. The van der Waals surface area contributed by atoms with Crippen LogP contribution in [0.25, 0.3) is 11.4 Å². The molecule has 0 fully saturated rings. The average molecular weight is 436 g/mol. The first-order valence-electron chi connectivity index (χ1n) is 11.0. The minimum absolute atomic E-state index is 0.0499. The zero-order valence-electron chi connectivity index (χ0n) is 20.0. The van der Waals surface area contributed by atoms with E-state index < -0.39 is 6.10 Å². The molecule has 1 heterocycles. The Bertz CT molecular complexity index is 1050. The van der Waals surface area contributed by atoms with Crippen LogP contribution in [0.15, 0.2) is 53.1 Å². The number of ether oxygens (including phenoxy) is 1. The first kappa shape index (κ1) is 23.5. The number of aryl methyl sites for hydroxylation is 1. The van der Waals surface area contributed by atoms with Gasteiger partial charge in [0.05, 0.1) is 0 Å². The highest BCUT2D eigenvalue weighted by Crippen LogP contribution is 2.25. The fourth-order valence-electron chi connectivity index (χ4n) is 3.40. The van der Waals surface area contributed by atoms with E-state index in [4.69, 9.17) is 9.26 Å². The average Bonchev–Trinajstić information content (AvgIpc) is 3.20. The Balaban J connectivity index is 1.69. The monoisotopic (exact) mass is 435 g/mol. The van der Waals surface area contributed by atoms with Crippen molar-refractivity contribution in [3.05, 3.63) is 65.5 Å². The number of hydrogen-bond acceptors (Lipinski definition) is 5. The fraction of sp³-hybridized carbons (Fsp3) is 0.423. The molecule has 170 valence electrons. The molecule has 0 saturated carbocycles. The molecule has 3 aromatic rings. The van der Waals surface area contributed by atoms with Gasteiger partial charge in [-0.1, -0.05) is 61.8 Å². The molecular weight excluding hydrogens is 402 g/mol. The number of nitrogens with zero attached hydrogens (tertiary/aromatic N) is 3. The lowest BCUT2D eigenvalue weighted by Crippen LogP contribution is -2.43. The van der Waals surface area contributed by atoms with Gasteiger partial charge in [0.2, 0.25) is 11.7 Å². The summed E-state index contributed by atoms with van der Waals surface area (Å²) in [6.45, 7) is 14.4. The van der Waals surface area contributed by atoms with Crippen LogP contribution in [0.3, 0.4) is 0 Å². The molecule has 1 amide bonds. The smallest absolute Gasteiger partial charge is 0.264 e. The van der Waals surface area contributed by atoms with Crippen molar-refractivity contribution < 1.29 is 14.1 Å². The SMILES string of the molecule is Cc1cccc(-c2noc(CN(C(=O)C(C)Oc3ccc(C(C)(C)C)cc3)C(C)C)n2)c1. The zero-order chi connectivity index (χ0) is 23.5. The van der Waals surface area contributed by atoms with E-state index in [0.29, 0.717) is 17.5 Å². The van der Waals surface area contributed by atoms with Crippen molar-refractivity contribution in [3.8, 4) is 17.1 Å². The zero-order valence-corrected chi connectivity index (χ0v) is 20.0. The van der Waals surface area contributed by atoms with Crippen LogP contribution in [-0.4, -0.2) is 33.1 Å². The van der Waals surface area contributed by atoms with Crippen molar-refractivity contribution in [1.29, 1.82) is 0 Å². The molecule has 3 rings (SSSR count). The van der Waals surface area contributed by atoms with E-state index in [1.54, 1.807) is 11.8 Å². The Kier molecular flexibility index (Phi) is 7.02. The molecule has 32 heavy (non-hydrogen) atoms. The summed E-state index contributed by atoms with van der Waals surface area (Å²) in [7, 11) is 0. The van der Waals surface area contributed by atoms with Crippen LogP contribution >= 0.6 is 0 Å². The Morgan fingerprint density at radius 2 is 1.78 bits per heavy atom. The number of benzene rings is 2. The molecule has 6 heteroatoms. The van der Waals surface area contributed by atoms with Gasteiger partial charge in [0, 0.05) is 11.6 Å². The van der Waals surface area contributed by atoms with Gasteiger partial charge in [0.1, 0.15) is 12.3 Å². The second-order valence-electron chi connectivity index (χ2n) is 9.48. The topological polar surface area (TPSA) is 68.5 Å². The minimum Gasteiger partial charge on any atom is -0.481 e. The van der Waals surface area contributed by atoms with Crippen LogP contribution in [0.1, 0.15) is 58.6 Å². The molecule has 0 aliphatic carbocycles. The summed E-state index contributed by atoms with van der Waals surface area (Å²) in [5, 5.41) is 4.08. The van der Waals surface area contributed by atoms with Crippen molar-refractivity contribution in [2.75, 3.05) is 0 Å². The van der Waals surface area contributed by atoms with Gasteiger partial charge in [-0.2, -0.15) is 4.98 Å². The molecule has 1 atom stereocenters.